The summed E-state index contributed by atoms with van der Waals surface area (Å²) in [5.74, 6) is 0. The van der Waals surface area contributed by atoms with Crippen molar-refractivity contribution in [2.24, 2.45) is 0 Å². The molecular formula is C6H20O8P2. The van der Waals surface area contributed by atoms with Crippen LogP contribution in [0, 0.1) is 0 Å². The first kappa shape index (κ1) is 25.0. The van der Waals surface area contributed by atoms with Crippen molar-refractivity contribution in [2.45, 2.75) is 27.2 Å². The average molecular weight is 282 g/mol. The van der Waals surface area contributed by atoms with Crippen molar-refractivity contribution < 1.29 is 38.5 Å². The predicted octanol–water partition coefficient (Wildman–Crippen LogP) is 0.751. The summed E-state index contributed by atoms with van der Waals surface area (Å²) in [7, 11) is -9.28. The maximum Gasteiger partial charge on any atom is 0.466 e. The molecule has 0 heterocycles. The van der Waals surface area contributed by atoms with Gasteiger partial charge in [0.15, 0.2) is 0 Å². The Hall–Kier alpha value is -0.0400. The van der Waals surface area contributed by atoms with Gasteiger partial charge in [-0.2, -0.15) is 0 Å². The molecule has 0 amide bonds. The molecule has 0 saturated heterocycles. The quantitative estimate of drug-likeness (QED) is 0.281. The van der Waals surface area contributed by atoms with Crippen molar-refractivity contribution in [2.75, 3.05) is 0 Å². The summed E-state index contributed by atoms with van der Waals surface area (Å²) in [6.45, 7) is 9.50. The molecule has 0 aromatic heterocycles. The predicted molar refractivity (Wildman–Crippen MR) is 60.4 cm³/mol. The van der Waals surface area contributed by atoms with E-state index in [1.165, 1.54) is 6.42 Å². The molecule has 8 nitrogen and oxygen atoms in total. The van der Waals surface area contributed by atoms with Gasteiger partial charge < -0.3 is 29.4 Å². The van der Waals surface area contributed by atoms with Gasteiger partial charge in [0.05, 0.1) is 0 Å². The molecule has 0 aromatic carbocycles. The fraction of sp³-hybridized carbons (Fsp3) is 0.667. The molecule has 0 unspecified atom stereocenters. The van der Waals surface area contributed by atoms with Crippen LogP contribution in [-0.2, 0) is 9.13 Å². The van der Waals surface area contributed by atoms with E-state index in [0.717, 1.165) is 0 Å². The van der Waals surface area contributed by atoms with Crippen LogP contribution in [0.25, 0.3) is 0 Å². The Balaban J connectivity index is -0.0000000621. The maximum atomic E-state index is 8.88. The zero-order chi connectivity index (χ0) is 14.4. The third-order valence-corrected chi connectivity index (χ3v) is 0. The Morgan fingerprint density at radius 3 is 0.938 bits per heavy atom. The molecule has 0 aliphatic rings. The number of allylic oxidation sites excluding steroid dienone is 1. The van der Waals surface area contributed by atoms with Gasteiger partial charge in [0.2, 0.25) is 0 Å². The van der Waals surface area contributed by atoms with E-state index < -0.39 is 15.6 Å². The minimum Gasteiger partial charge on any atom is -0.303 e. The topological polar surface area (TPSA) is 156 Å². The summed E-state index contributed by atoms with van der Waals surface area (Å²) < 4.78 is 17.8. The lowest BCUT2D eigenvalue weighted by atomic mass is 10.6. The normalized spacial score (nSPS) is 9.31. The molecule has 0 saturated carbocycles. The lowest BCUT2D eigenvalue weighted by molar-refractivity contribution is 0.272. The summed E-state index contributed by atoms with van der Waals surface area (Å²) in [5, 5.41) is 0. The van der Waals surface area contributed by atoms with Crippen LogP contribution < -0.4 is 0 Å². The number of phosphoric acid groups is 2. The molecule has 0 bridgehead atoms. The van der Waals surface area contributed by atoms with Crippen LogP contribution in [0.5, 0.6) is 0 Å². The van der Waals surface area contributed by atoms with Gasteiger partial charge in [-0.3, -0.25) is 0 Å². The summed E-state index contributed by atoms with van der Waals surface area (Å²) >= 11 is 0. The molecule has 10 heteroatoms. The summed E-state index contributed by atoms with van der Waals surface area (Å²) in [6.07, 6.45) is 3.00. The summed E-state index contributed by atoms with van der Waals surface area (Å²) in [5.41, 5.74) is 0. The minimum atomic E-state index is -4.64. The molecule has 16 heavy (non-hydrogen) atoms. The van der Waals surface area contributed by atoms with E-state index in [9.17, 15) is 0 Å². The Bertz CT molecular complexity index is 180. The van der Waals surface area contributed by atoms with Crippen LogP contribution in [0.15, 0.2) is 12.7 Å². The van der Waals surface area contributed by atoms with Gasteiger partial charge >= 0.3 is 15.6 Å². The van der Waals surface area contributed by atoms with Gasteiger partial charge in [-0.05, 0) is 6.92 Å². The van der Waals surface area contributed by atoms with Crippen LogP contribution in [0.1, 0.15) is 27.2 Å². The SMILES string of the molecule is C=CC.CCC.O=P(O)(O)O.O=P(O)(O)O. The lowest BCUT2D eigenvalue weighted by Gasteiger charge is -1.82. The standard InChI is InChI=1S/C3H8.C3H6.2H3O4P/c2*1-3-2;2*1-5(2,3)4/h3H2,1-2H3;3H,1H2,2H3;2*(H3,1,2,3,4). The molecule has 0 spiro atoms. The van der Waals surface area contributed by atoms with Crippen molar-refractivity contribution in [1.29, 1.82) is 0 Å². The molecular weight excluding hydrogens is 262 g/mol. The first-order valence-corrected chi connectivity index (χ1v) is 7.10. The van der Waals surface area contributed by atoms with E-state index in [2.05, 4.69) is 20.4 Å². The Kier molecular flexibility index (Phi) is 23.3. The second kappa shape index (κ2) is 15.0. The van der Waals surface area contributed by atoms with Gasteiger partial charge in [0.1, 0.15) is 0 Å². The Labute approximate surface area is 94.8 Å². The van der Waals surface area contributed by atoms with Gasteiger partial charge in [-0.15, -0.1) is 6.58 Å². The molecule has 0 rings (SSSR count). The van der Waals surface area contributed by atoms with E-state index in [1.54, 1.807) is 6.08 Å². The van der Waals surface area contributed by atoms with Crippen LogP contribution >= 0.6 is 15.6 Å². The van der Waals surface area contributed by atoms with Crippen molar-refractivity contribution in [1.82, 2.24) is 0 Å². The zero-order valence-corrected chi connectivity index (χ0v) is 11.2. The lowest BCUT2D eigenvalue weighted by Crippen LogP contribution is -1.66. The largest absolute Gasteiger partial charge is 0.466 e. The summed E-state index contributed by atoms with van der Waals surface area (Å²) in [6, 6.07) is 0. The average Bonchev–Trinajstić information content (AvgIpc) is 1.79. The van der Waals surface area contributed by atoms with E-state index in [1.807, 2.05) is 6.92 Å². The van der Waals surface area contributed by atoms with E-state index in [-0.39, 0.29) is 0 Å². The molecule has 6 N–H and O–H groups in total. The fourth-order valence-electron chi connectivity index (χ4n) is 0. The Morgan fingerprint density at radius 2 is 0.938 bits per heavy atom. The highest BCUT2D eigenvalue weighted by atomic mass is 31.2. The molecule has 102 valence electrons. The number of hydrogen-bond acceptors (Lipinski definition) is 2. The van der Waals surface area contributed by atoms with Crippen LogP contribution in [0.4, 0.5) is 0 Å². The molecule has 0 aromatic rings. The van der Waals surface area contributed by atoms with Crippen molar-refractivity contribution >= 4 is 15.6 Å². The van der Waals surface area contributed by atoms with Crippen molar-refractivity contribution in [3.05, 3.63) is 12.7 Å². The first-order valence-electron chi connectivity index (χ1n) is 3.96. The monoisotopic (exact) mass is 282 g/mol. The van der Waals surface area contributed by atoms with Crippen LogP contribution in [0.3, 0.4) is 0 Å². The molecule has 0 aliphatic carbocycles. The smallest absolute Gasteiger partial charge is 0.303 e. The third-order valence-electron chi connectivity index (χ3n) is 0. The van der Waals surface area contributed by atoms with Crippen molar-refractivity contribution in [3.63, 3.8) is 0 Å². The zero-order valence-electron chi connectivity index (χ0n) is 9.39. The highest BCUT2D eigenvalue weighted by Gasteiger charge is 2.00. The van der Waals surface area contributed by atoms with E-state index in [0.29, 0.717) is 0 Å². The number of hydrogen-bond donors (Lipinski definition) is 6. The third kappa shape index (κ3) is 1470000. The Morgan fingerprint density at radius 1 is 0.938 bits per heavy atom. The molecule has 0 atom stereocenters. The second-order valence-corrected chi connectivity index (χ2v) is 4.20. The fourth-order valence-corrected chi connectivity index (χ4v) is 0. The van der Waals surface area contributed by atoms with Gasteiger partial charge in [0, 0.05) is 0 Å². The maximum absolute atomic E-state index is 8.88. The minimum absolute atomic E-state index is 1.25. The molecule has 0 radical (unpaired) electrons. The van der Waals surface area contributed by atoms with Gasteiger partial charge in [-0.25, -0.2) is 9.13 Å². The first-order chi connectivity index (χ1) is 6.83. The van der Waals surface area contributed by atoms with Gasteiger partial charge in [-0.1, -0.05) is 26.3 Å². The van der Waals surface area contributed by atoms with Gasteiger partial charge in [0.25, 0.3) is 0 Å². The highest BCUT2D eigenvalue weighted by molar-refractivity contribution is 7.45. The van der Waals surface area contributed by atoms with Crippen LogP contribution in [-0.4, -0.2) is 29.4 Å². The van der Waals surface area contributed by atoms with E-state index in [4.69, 9.17) is 38.5 Å². The molecule has 0 fully saturated rings. The highest BCUT2D eigenvalue weighted by Crippen LogP contribution is 2.26. The number of rotatable bonds is 0. The van der Waals surface area contributed by atoms with Crippen molar-refractivity contribution in [3.8, 4) is 0 Å². The van der Waals surface area contributed by atoms with E-state index >= 15 is 0 Å². The second-order valence-electron chi connectivity index (χ2n) is 2.14. The molecule has 0 aliphatic heterocycles. The summed E-state index contributed by atoms with van der Waals surface area (Å²) in [4.78, 5) is 43.1. The van der Waals surface area contributed by atoms with Crippen LogP contribution in [0.2, 0.25) is 0 Å².